The number of Topliss-reactive ketones (excluding diaryl/α,β-unsaturated/α-hetero) is 1. The van der Waals surface area contributed by atoms with Crippen LogP contribution in [0.25, 0.3) is 6.08 Å². The van der Waals surface area contributed by atoms with Crippen molar-refractivity contribution in [1.82, 2.24) is 4.31 Å². The lowest BCUT2D eigenvalue weighted by Crippen LogP contribution is -2.43. The van der Waals surface area contributed by atoms with Crippen LogP contribution in [-0.4, -0.2) is 54.5 Å². The second kappa shape index (κ2) is 9.34. The fraction of sp³-hybridized carbons (Fsp3) is 0.444. The fourth-order valence-corrected chi connectivity index (χ4v) is 5.73. The fourth-order valence-electron chi connectivity index (χ4n) is 2.54. The van der Waals surface area contributed by atoms with E-state index in [0.717, 1.165) is 9.87 Å². The smallest absolute Gasteiger partial charge is 0.325 e. The minimum Gasteiger partial charge on any atom is -0.465 e. The molecule has 1 saturated heterocycles. The number of sulfonamides is 1. The van der Waals surface area contributed by atoms with Gasteiger partial charge in [0.2, 0.25) is 10.0 Å². The number of allylic oxidation sites excluding steroid dienone is 1. The number of nitrogens with zero attached hydrogens (tertiary/aromatic N) is 1. The van der Waals surface area contributed by atoms with Gasteiger partial charge in [-0.15, -0.1) is 11.8 Å². The highest BCUT2D eigenvalue weighted by Crippen LogP contribution is 2.26. The van der Waals surface area contributed by atoms with Crippen LogP contribution in [0.4, 0.5) is 0 Å². The number of ether oxygens (including phenoxy) is 1. The molecular formula is C18H23NO5S2. The molecule has 8 heteroatoms. The minimum absolute atomic E-state index is 0.117. The first-order valence-corrected chi connectivity index (χ1v) is 11.1. The number of carbonyl (C=O) groups excluding carboxylic acids is 2. The van der Waals surface area contributed by atoms with Crippen molar-refractivity contribution in [3.63, 3.8) is 0 Å². The highest BCUT2D eigenvalue weighted by Gasteiger charge is 2.40. The maximum absolute atomic E-state index is 12.6. The van der Waals surface area contributed by atoms with Gasteiger partial charge in [-0.05, 0) is 31.1 Å². The molecule has 1 atom stereocenters. The Morgan fingerprint density at radius 2 is 2.00 bits per heavy atom. The topological polar surface area (TPSA) is 80.8 Å². The van der Waals surface area contributed by atoms with Crippen LogP contribution in [0.5, 0.6) is 0 Å². The Labute approximate surface area is 158 Å². The van der Waals surface area contributed by atoms with E-state index in [1.807, 2.05) is 30.3 Å². The zero-order chi connectivity index (χ0) is 19.2. The van der Waals surface area contributed by atoms with E-state index in [4.69, 9.17) is 4.74 Å². The van der Waals surface area contributed by atoms with Gasteiger partial charge in [-0.2, -0.15) is 4.31 Å². The molecule has 0 aliphatic carbocycles. The first-order valence-electron chi connectivity index (χ1n) is 8.35. The van der Waals surface area contributed by atoms with E-state index in [2.05, 4.69) is 0 Å². The number of rotatable bonds is 8. The molecule has 0 N–H and O–H groups in total. The van der Waals surface area contributed by atoms with Gasteiger partial charge in [0, 0.05) is 12.2 Å². The lowest BCUT2D eigenvalue weighted by atomic mass is 10.1. The van der Waals surface area contributed by atoms with Gasteiger partial charge in [0.25, 0.3) is 0 Å². The lowest BCUT2D eigenvalue weighted by Gasteiger charge is -2.21. The largest absolute Gasteiger partial charge is 0.465 e. The van der Waals surface area contributed by atoms with Crippen LogP contribution in [0.1, 0.15) is 25.8 Å². The molecule has 1 aromatic carbocycles. The van der Waals surface area contributed by atoms with Crippen LogP contribution in [0.15, 0.2) is 35.9 Å². The third kappa shape index (κ3) is 5.43. The van der Waals surface area contributed by atoms with Crippen molar-refractivity contribution in [3.05, 3.63) is 41.5 Å². The molecule has 1 heterocycles. The van der Waals surface area contributed by atoms with Gasteiger partial charge in [0.15, 0.2) is 5.78 Å². The van der Waals surface area contributed by atoms with Crippen LogP contribution < -0.4 is 0 Å². The first-order chi connectivity index (χ1) is 12.3. The molecule has 0 spiro atoms. The predicted molar refractivity (Wildman–Crippen MR) is 103 cm³/mol. The van der Waals surface area contributed by atoms with E-state index in [-0.39, 0.29) is 30.4 Å². The summed E-state index contributed by atoms with van der Waals surface area (Å²) in [6.45, 7) is 3.56. The van der Waals surface area contributed by atoms with Crippen molar-refractivity contribution < 1.29 is 22.7 Å². The summed E-state index contributed by atoms with van der Waals surface area (Å²) in [5.41, 5.74) is 1.39. The summed E-state index contributed by atoms with van der Waals surface area (Å²) >= 11 is 1.36. The molecule has 0 saturated carbocycles. The minimum atomic E-state index is -3.71. The normalized spacial score (nSPS) is 18.7. The van der Waals surface area contributed by atoms with Gasteiger partial charge < -0.3 is 4.74 Å². The van der Waals surface area contributed by atoms with Crippen molar-refractivity contribution in [2.75, 3.05) is 24.0 Å². The molecule has 1 aliphatic rings. The van der Waals surface area contributed by atoms with Crippen molar-refractivity contribution >= 4 is 39.6 Å². The van der Waals surface area contributed by atoms with Crippen LogP contribution >= 0.6 is 11.8 Å². The van der Waals surface area contributed by atoms with Crippen LogP contribution in [-0.2, 0) is 24.3 Å². The molecule has 0 radical (unpaired) electrons. The van der Waals surface area contributed by atoms with E-state index in [9.17, 15) is 18.0 Å². The molecular weight excluding hydrogens is 374 g/mol. The Kier molecular flexibility index (Phi) is 7.43. The Balaban J connectivity index is 1.99. The van der Waals surface area contributed by atoms with Gasteiger partial charge in [-0.3, -0.25) is 9.59 Å². The van der Waals surface area contributed by atoms with Crippen LogP contribution in [0.2, 0.25) is 0 Å². The third-order valence-electron chi connectivity index (χ3n) is 3.97. The van der Waals surface area contributed by atoms with Gasteiger partial charge in [-0.1, -0.05) is 30.3 Å². The summed E-state index contributed by atoms with van der Waals surface area (Å²) in [4.78, 5) is 24.2. The number of hydrogen-bond acceptors (Lipinski definition) is 6. The number of benzene rings is 1. The first kappa shape index (κ1) is 20.7. The molecule has 1 fully saturated rings. The Hall–Kier alpha value is -1.64. The van der Waals surface area contributed by atoms with Crippen molar-refractivity contribution in [3.8, 4) is 0 Å². The van der Waals surface area contributed by atoms with Gasteiger partial charge in [0.1, 0.15) is 6.04 Å². The maximum Gasteiger partial charge on any atom is 0.325 e. The quantitative estimate of drug-likeness (QED) is 0.495. The monoisotopic (exact) mass is 397 g/mol. The molecule has 0 bridgehead atoms. The molecule has 0 amide bonds. The van der Waals surface area contributed by atoms with E-state index < -0.39 is 22.0 Å². The second-order valence-corrected chi connectivity index (χ2v) is 8.92. The predicted octanol–water partition coefficient (Wildman–Crippen LogP) is 2.32. The molecule has 1 aliphatic heterocycles. The van der Waals surface area contributed by atoms with E-state index >= 15 is 0 Å². The molecule has 6 nitrogen and oxygen atoms in total. The van der Waals surface area contributed by atoms with Gasteiger partial charge in [0.05, 0.1) is 18.2 Å². The number of esters is 1. The van der Waals surface area contributed by atoms with Crippen LogP contribution in [0, 0.1) is 0 Å². The average molecular weight is 398 g/mol. The Morgan fingerprint density at radius 3 is 2.65 bits per heavy atom. The maximum atomic E-state index is 12.6. The molecule has 2 rings (SSSR count). The third-order valence-corrected chi connectivity index (χ3v) is 6.96. The highest BCUT2D eigenvalue weighted by atomic mass is 32.2. The standard InChI is InChI=1S/C18H23NO5S2/c1-3-24-18(21)16-12-25-13-19(16)26(22,23)10-9-17(20)14(2)11-15-7-5-4-6-8-15/h4-8,11,16H,3,9-10,12-13H2,1-2H3. The van der Waals surface area contributed by atoms with E-state index in [1.54, 1.807) is 19.9 Å². The summed E-state index contributed by atoms with van der Waals surface area (Å²) in [5, 5.41) is 0. The summed E-state index contributed by atoms with van der Waals surface area (Å²) in [6, 6.07) is 8.57. The van der Waals surface area contributed by atoms with E-state index in [1.165, 1.54) is 11.8 Å². The Morgan fingerprint density at radius 1 is 1.31 bits per heavy atom. The molecule has 0 aromatic heterocycles. The summed E-state index contributed by atoms with van der Waals surface area (Å²) < 4.78 is 31.2. The van der Waals surface area contributed by atoms with E-state index in [0.29, 0.717) is 11.3 Å². The molecule has 1 aromatic rings. The van der Waals surface area contributed by atoms with Crippen molar-refractivity contribution in [2.45, 2.75) is 26.3 Å². The van der Waals surface area contributed by atoms with Gasteiger partial charge >= 0.3 is 5.97 Å². The molecule has 26 heavy (non-hydrogen) atoms. The lowest BCUT2D eigenvalue weighted by molar-refractivity contribution is -0.146. The second-order valence-electron chi connectivity index (χ2n) is 5.88. The number of ketones is 1. The summed E-state index contributed by atoms with van der Waals surface area (Å²) in [7, 11) is -3.71. The zero-order valence-electron chi connectivity index (χ0n) is 14.9. The SMILES string of the molecule is CCOC(=O)C1CSCN1S(=O)(=O)CCC(=O)C(C)=Cc1ccccc1. The Bertz CT molecular complexity index is 774. The average Bonchev–Trinajstić information content (AvgIpc) is 3.11. The summed E-state index contributed by atoms with van der Waals surface area (Å²) in [5.74, 6) is -0.496. The summed E-state index contributed by atoms with van der Waals surface area (Å²) in [6.07, 6.45) is 1.62. The molecule has 1 unspecified atom stereocenters. The number of carbonyl (C=O) groups is 2. The number of hydrogen-bond donors (Lipinski definition) is 0. The van der Waals surface area contributed by atoms with Gasteiger partial charge in [-0.25, -0.2) is 8.42 Å². The van der Waals surface area contributed by atoms with Crippen molar-refractivity contribution in [1.29, 1.82) is 0 Å². The molecule has 142 valence electrons. The zero-order valence-corrected chi connectivity index (χ0v) is 16.5. The highest BCUT2D eigenvalue weighted by molar-refractivity contribution is 8.00. The van der Waals surface area contributed by atoms with Crippen molar-refractivity contribution in [2.24, 2.45) is 0 Å². The van der Waals surface area contributed by atoms with Crippen LogP contribution in [0.3, 0.4) is 0 Å². The number of thioether (sulfide) groups is 1.